The zero-order chi connectivity index (χ0) is 28.8. The highest BCUT2D eigenvalue weighted by atomic mass is 15.1. The molecule has 6 aromatic carbocycles. The molecule has 202 valence electrons. The molecule has 4 heterocycles. The number of rotatable bonds is 1. The molecule has 4 heteroatoms. The highest BCUT2D eigenvalue weighted by molar-refractivity contribution is 6.87. The van der Waals surface area contributed by atoms with E-state index in [9.17, 15) is 0 Å². The van der Waals surface area contributed by atoms with Crippen LogP contribution in [0.1, 0.15) is 22.3 Å². The Balaban J connectivity index is 1.17. The molecule has 0 unspecified atom stereocenters. The van der Waals surface area contributed by atoms with E-state index >= 15 is 0 Å². The molecule has 0 radical (unpaired) electrons. The van der Waals surface area contributed by atoms with E-state index in [1.807, 2.05) is 0 Å². The minimum atomic E-state index is 0.132. The van der Waals surface area contributed by atoms with Crippen LogP contribution in [-0.4, -0.2) is 23.3 Å². The molecule has 2 nitrogen and oxygen atoms in total. The van der Waals surface area contributed by atoms with Crippen molar-refractivity contribution in [1.82, 2.24) is 9.62 Å². The van der Waals surface area contributed by atoms with Gasteiger partial charge in [-0.15, -0.1) is 0 Å². The average Bonchev–Trinajstić information content (AvgIpc) is 3.10. The smallest absolute Gasteiger partial charge is 0.329 e. The SMILES string of the molecule is C1=CB2c3c(ccc4ccc5ccccc5c34)C=C(c3ccc4c5c(ccc4c3)C=CN3C=Cc4ccccc4B53)N2C=C1. The number of benzene rings is 6. The number of hydrogen-bond acceptors (Lipinski definition) is 2. The topological polar surface area (TPSA) is 6.48 Å². The van der Waals surface area contributed by atoms with E-state index < -0.39 is 0 Å². The Morgan fingerprint density at radius 2 is 1.34 bits per heavy atom. The van der Waals surface area contributed by atoms with Crippen LogP contribution in [0.4, 0.5) is 0 Å². The van der Waals surface area contributed by atoms with Gasteiger partial charge in [0.25, 0.3) is 0 Å². The molecule has 6 aromatic rings. The van der Waals surface area contributed by atoms with Gasteiger partial charge >= 0.3 is 13.7 Å². The molecule has 0 N–H and O–H groups in total. The van der Waals surface area contributed by atoms with Crippen molar-refractivity contribution >= 4 is 86.3 Å². The summed E-state index contributed by atoms with van der Waals surface area (Å²) >= 11 is 0. The molecule has 0 amide bonds. The molecule has 0 saturated heterocycles. The van der Waals surface area contributed by atoms with Gasteiger partial charge in [-0.25, -0.2) is 0 Å². The van der Waals surface area contributed by atoms with Crippen LogP contribution in [0, 0.1) is 0 Å². The Morgan fingerprint density at radius 1 is 0.545 bits per heavy atom. The first kappa shape index (κ1) is 24.0. The fraction of sp³-hybridized carbons (Fsp3) is 0. The zero-order valence-electron chi connectivity index (χ0n) is 24.1. The van der Waals surface area contributed by atoms with Crippen molar-refractivity contribution in [2.75, 3.05) is 0 Å². The van der Waals surface area contributed by atoms with Crippen LogP contribution in [0.3, 0.4) is 0 Å². The second kappa shape index (κ2) is 9.02. The van der Waals surface area contributed by atoms with Gasteiger partial charge in [0.15, 0.2) is 0 Å². The summed E-state index contributed by atoms with van der Waals surface area (Å²) in [5.41, 5.74) is 10.5. The van der Waals surface area contributed by atoms with E-state index in [4.69, 9.17) is 0 Å². The molecule has 0 aromatic heterocycles. The lowest BCUT2D eigenvalue weighted by Crippen LogP contribution is -2.57. The number of fused-ring (bicyclic) bond motifs is 14. The number of allylic oxidation sites excluding steroid dienone is 2. The molecule has 0 atom stereocenters. The first-order chi connectivity index (χ1) is 21.8. The highest BCUT2D eigenvalue weighted by Gasteiger charge is 2.36. The third kappa shape index (κ3) is 3.34. The summed E-state index contributed by atoms with van der Waals surface area (Å²) in [6.07, 6.45) is 17.9. The predicted molar refractivity (Wildman–Crippen MR) is 190 cm³/mol. The largest absolute Gasteiger partial charge is 0.389 e. The van der Waals surface area contributed by atoms with Crippen molar-refractivity contribution in [3.63, 3.8) is 0 Å². The molecule has 44 heavy (non-hydrogen) atoms. The van der Waals surface area contributed by atoms with Crippen molar-refractivity contribution < 1.29 is 0 Å². The lowest BCUT2D eigenvalue weighted by molar-refractivity contribution is 0.804. The van der Waals surface area contributed by atoms with Crippen molar-refractivity contribution in [2.45, 2.75) is 0 Å². The second-order valence-electron chi connectivity index (χ2n) is 12.2. The van der Waals surface area contributed by atoms with Gasteiger partial charge in [0.1, 0.15) is 0 Å². The molecule has 0 aliphatic carbocycles. The molecule has 4 aliphatic heterocycles. The quantitative estimate of drug-likeness (QED) is 0.157. The molecular weight excluding hydrogens is 530 g/mol. The fourth-order valence-corrected chi connectivity index (χ4v) is 7.92. The highest BCUT2D eigenvalue weighted by Crippen LogP contribution is 2.35. The van der Waals surface area contributed by atoms with Crippen molar-refractivity contribution in [1.29, 1.82) is 0 Å². The molecule has 10 rings (SSSR count). The Labute approximate surface area is 257 Å². The molecule has 0 bridgehead atoms. The van der Waals surface area contributed by atoms with Crippen molar-refractivity contribution in [3.05, 3.63) is 162 Å². The summed E-state index contributed by atoms with van der Waals surface area (Å²) < 4.78 is 0. The average molecular weight is 556 g/mol. The second-order valence-corrected chi connectivity index (χ2v) is 12.2. The monoisotopic (exact) mass is 556 g/mol. The van der Waals surface area contributed by atoms with E-state index in [0.29, 0.717) is 0 Å². The van der Waals surface area contributed by atoms with Crippen LogP contribution in [0.15, 0.2) is 140 Å². The summed E-state index contributed by atoms with van der Waals surface area (Å²) in [4.78, 5) is 4.80. The fourth-order valence-electron chi connectivity index (χ4n) is 7.92. The Bertz CT molecular complexity index is 2380. The lowest BCUT2D eigenvalue weighted by Gasteiger charge is -2.36. The third-order valence-corrected chi connectivity index (χ3v) is 9.91. The van der Waals surface area contributed by atoms with Crippen LogP contribution in [0.5, 0.6) is 0 Å². The molecule has 0 fully saturated rings. The van der Waals surface area contributed by atoms with E-state index in [-0.39, 0.29) is 13.7 Å². The van der Waals surface area contributed by atoms with E-state index in [1.54, 1.807) is 0 Å². The summed E-state index contributed by atoms with van der Waals surface area (Å²) in [5, 5.41) is 7.84. The van der Waals surface area contributed by atoms with Crippen LogP contribution < -0.4 is 16.4 Å². The Hall–Kier alpha value is -5.47. The first-order valence-corrected chi connectivity index (χ1v) is 15.4. The lowest BCUT2D eigenvalue weighted by atomic mass is 9.45. The standard InChI is InChI=1S/C40H26B2N2/c1-3-9-34-27(7-1)11-12-29-13-16-33-26-37(44-22-6-5-21-41(44)40(33)38(29)34)32-17-18-35-31(25-32)15-14-30-20-24-43-23-19-28-8-2-4-10-36(28)42(43)39(30)35/h1-26H. The number of hydrogen-bond donors (Lipinski definition) is 0. The van der Waals surface area contributed by atoms with Gasteiger partial charge < -0.3 is 9.62 Å². The van der Waals surface area contributed by atoms with E-state index in [0.717, 1.165) is 0 Å². The maximum absolute atomic E-state index is 2.45. The minimum Gasteiger partial charge on any atom is -0.389 e. The van der Waals surface area contributed by atoms with Gasteiger partial charge in [-0.1, -0.05) is 109 Å². The predicted octanol–water partition coefficient (Wildman–Crippen LogP) is 7.16. The van der Waals surface area contributed by atoms with Crippen LogP contribution >= 0.6 is 0 Å². The van der Waals surface area contributed by atoms with Crippen LogP contribution in [0.25, 0.3) is 56.2 Å². The van der Waals surface area contributed by atoms with Gasteiger partial charge in [0.05, 0.1) is 0 Å². The van der Waals surface area contributed by atoms with E-state index in [1.165, 1.54) is 76.7 Å². The molecule has 4 aliphatic rings. The van der Waals surface area contributed by atoms with Crippen molar-refractivity contribution in [2.24, 2.45) is 0 Å². The van der Waals surface area contributed by atoms with Crippen LogP contribution in [-0.2, 0) is 0 Å². The molecular formula is C40H26B2N2. The Kier molecular flexibility index (Phi) is 4.92. The Morgan fingerprint density at radius 3 is 2.32 bits per heavy atom. The maximum atomic E-state index is 2.45. The van der Waals surface area contributed by atoms with Gasteiger partial charge in [-0.2, -0.15) is 0 Å². The minimum absolute atomic E-state index is 0.132. The van der Waals surface area contributed by atoms with Gasteiger partial charge in [0, 0.05) is 5.70 Å². The third-order valence-electron chi connectivity index (χ3n) is 9.91. The normalized spacial score (nSPS) is 15.8. The summed E-state index contributed by atoms with van der Waals surface area (Å²) in [6.45, 7) is 0.308. The zero-order valence-corrected chi connectivity index (χ0v) is 24.1. The molecule has 0 spiro atoms. The molecule has 0 saturated carbocycles. The van der Waals surface area contributed by atoms with Crippen molar-refractivity contribution in [3.8, 4) is 0 Å². The van der Waals surface area contributed by atoms with Crippen LogP contribution in [0.2, 0.25) is 0 Å². The summed E-state index contributed by atoms with van der Waals surface area (Å²) in [7, 11) is 0. The first-order valence-electron chi connectivity index (χ1n) is 15.4. The summed E-state index contributed by atoms with van der Waals surface area (Å²) in [6, 6.07) is 38.3. The summed E-state index contributed by atoms with van der Waals surface area (Å²) in [5.74, 6) is 2.35. The van der Waals surface area contributed by atoms with Gasteiger partial charge in [-0.3, -0.25) is 0 Å². The maximum Gasteiger partial charge on any atom is 0.329 e. The number of nitrogens with zero attached hydrogens (tertiary/aromatic N) is 2. The van der Waals surface area contributed by atoms with Gasteiger partial charge in [-0.05, 0) is 120 Å². The van der Waals surface area contributed by atoms with E-state index in [2.05, 4.69) is 168 Å². The van der Waals surface area contributed by atoms with Gasteiger partial charge in [0.2, 0.25) is 0 Å².